The maximum Gasteiger partial charge on any atom is 0.164 e. The van der Waals surface area contributed by atoms with Crippen LogP contribution in [0.1, 0.15) is 34.3 Å². The molecule has 0 fully saturated rings. The van der Waals surface area contributed by atoms with Crippen molar-refractivity contribution in [3.63, 3.8) is 0 Å². The number of carbonyl (C=O) groups excluding carboxylic acids is 1. The number of aryl methyl sites for hydroxylation is 1. The van der Waals surface area contributed by atoms with Gasteiger partial charge in [-0.1, -0.05) is 18.2 Å². The molecule has 1 aromatic carbocycles. The van der Waals surface area contributed by atoms with E-state index in [1.165, 1.54) is 16.0 Å². The number of rotatable bonds is 2. The van der Waals surface area contributed by atoms with Crippen LogP contribution < -0.4 is 0 Å². The lowest BCUT2D eigenvalue weighted by Crippen LogP contribution is -2.10. The van der Waals surface area contributed by atoms with Gasteiger partial charge in [0.05, 0.1) is 0 Å². The van der Waals surface area contributed by atoms with E-state index in [4.69, 9.17) is 0 Å². The Labute approximate surface area is 123 Å². The van der Waals surface area contributed by atoms with Gasteiger partial charge in [0.1, 0.15) is 0 Å². The van der Waals surface area contributed by atoms with Gasteiger partial charge in [0.15, 0.2) is 5.78 Å². The molecule has 20 heavy (non-hydrogen) atoms. The summed E-state index contributed by atoms with van der Waals surface area (Å²) in [6.45, 7) is 1.000. The number of fused-ring (bicyclic) bond motifs is 2. The standard InChI is InChI=1S/C17H17NOS/c19-16-6-3-5-13-9-18(11-15(13)16)10-14-8-12-4-1-2-7-17(12)20-14/h1-2,4,7,9,11,14H,3,5-6,8,10H2. The fraction of sp³-hybridized carbons (Fsp3) is 0.353. The lowest BCUT2D eigenvalue weighted by molar-refractivity contribution is 0.0973. The van der Waals surface area contributed by atoms with Crippen molar-refractivity contribution < 1.29 is 4.79 Å². The molecule has 1 aliphatic heterocycles. The third kappa shape index (κ3) is 2.10. The SMILES string of the molecule is O=C1CCCc2cn(CC3Cc4ccccc4S3)cc21. The van der Waals surface area contributed by atoms with E-state index >= 15 is 0 Å². The Kier molecular flexibility index (Phi) is 2.95. The number of aromatic nitrogens is 1. The lowest BCUT2D eigenvalue weighted by atomic mass is 9.95. The molecule has 0 amide bonds. The molecule has 0 saturated heterocycles. The Balaban J connectivity index is 1.52. The number of Topliss-reactive ketones (excluding diaryl/α,β-unsaturated/α-hetero) is 1. The molecule has 2 aromatic rings. The first-order valence-electron chi connectivity index (χ1n) is 7.26. The predicted octanol–water partition coefficient (Wildman–Crippen LogP) is 3.72. The number of carbonyl (C=O) groups is 1. The van der Waals surface area contributed by atoms with Crippen molar-refractivity contribution in [2.24, 2.45) is 0 Å². The molecule has 2 nitrogen and oxygen atoms in total. The molecule has 0 radical (unpaired) electrons. The summed E-state index contributed by atoms with van der Waals surface area (Å²) in [4.78, 5) is 13.3. The van der Waals surface area contributed by atoms with Crippen molar-refractivity contribution in [3.8, 4) is 0 Å². The van der Waals surface area contributed by atoms with Crippen LogP contribution in [0.25, 0.3) is 0 Å². The summed E-state index contributed by atoms with van der Waals surface area (Å²) in [5, 5.41) is 0.594. The summed E-state index contributed by atoms with van der Waals surface area (Å²) < 4.78 is 2.23. The van der Waals surface area contributed by atoms with E-state index in [2.05, 4.69) is 41.2 Å². The van der Waals surface area contributed by atoms with Crippen molar-refractivity contribution in [2.75, 3.05) is 0 Å². The minimum Gasteiger partial charge on any atom is -0.352 e. The Bertz CT molecular complexity index is 648. The minimum atomic E-state index is 0.326. The number of nitrogens with zero attached hydrogens (tertiary/aromatic N) is 1. The quantitative estimate of drug-likeness (QED) is 0.838. The number of benzene rings is 1. The molecule has 1 unspecified atom stereocenters. The zero-order chi connectivity index (χ0) is 13.5. The summed E-state index contributed by atoms with van der Waals surface area (Å²) in [6.07, 6.45) is 8.19. The maximum absolute atomic E-state index is 11.9. The first kappa shape index (κ1) is 12.3. The van der Waals surface area contributed by atoms with Gasteiger partial charge in [-0.2, -0.15) is 0 Å². The molecule has 1 aromatic heterocycles. The van der Waals surface area contributed by atoms with Crippen LogP contribution in [0.2, 0.25) is 0 Å². The summed E-state index contributed by atoms with van der Waals surface area (Å²) >= 11 is 1.97. The number of hydrogen-bond donors (Lipinski definition) is 0. The summed E-state index contributed by atoms with van der Waals surface area (Å²) in [5.74, 6) is 0.326. The van der Waals surface area contributed by atoms with Crippen molar-refractivity contribution in [1.82, 2.24) is 4.57 Å². The van der Waals surface area contributed by atoms with Gasteiger partial charge in [0.2, 0.25) is 0 Å². The second kappa shape index (κ2) is 4.81. The van der Waals surface area contributed by atoms with Gasteiger partial charge in [-0.05, 0) is 36.5 Å². The van der Waals surface area contributed by atoms with Crippen LogP contribution in [0, 0.1) is 0 Å². The molecular weight excluding hydrogens is 266 g/mol. The molecule has 102 valence electrons. The first-order valence-corrected chi connectivity index (χ1v) is 8.14. The highest BCUT2D eigenvalue weighted by Crippen LogP contribution is 2.37. The Morgan fingerprint density at radius 3 is 2.90 bits per heavy atom. The molecule has 0 spiro atoms. The molecule has 2 aliphatic rings. The number of ketones is 1. The molecule has 3 heteroatoms. The van der Waals surface area contributed by atoms with Crippen LogP contribution in [0.3, 0.4) is 0 Å². The summed E-state index contributed by atoms with van der Waals surface area (Å²) in [5.41, 5.74) is 3.69. The minimum absolute atomic E-state index is 0.326. The second-order valence-corrected chi connectivity index (χ2v) is 7.06. The molecule has 0 saturated carbocycles. The van der Waals surface area contributed by atoms with Gasteiger partial charge in [-0.15, -0.1) is 11.8 Å². The topological polar surface area (TPSA) is 22.0 Å². The largest absolute Gasteiger partial charge is 0.352 e. The lowest BCUT2D eigenvalue weighted by Gasteiger charge is -2.09. The van der Waals surface area contributed by atoms with Crippen LogP contribution in [0.5, 0.6) is 0 Å². The fourth-order valence-electron chi connectivity index (χ4n) is 3.28. The van der Waals surface area contributed by atoms with Crippen LogP contribution in [0.15, 0.2) is 41.6 Å². The van der Waals surface area contributed by atoms with Gasteiger partial charge in [-0.25, -0.2) is 0 Å². The monoisotopic (exact) mass is 283 g/mol. The van der Waals surface area contributed by atoms with Crippen molar-refractivity contribution in [3.05, 3.63) is 53.3 Å². The van der Waals surface area contributed by atoms with E-state index < -0.39 is 0 Å². The van der Waals surface area contributed by atoms with Crippen molar-refractivity contribution in [2.45, 2.75) is 42.4 Å². The second-order valence-electron chi connectivity index (χ2n) is 5.72. The third-order valence-electron chi connectivity index (χ3n) is 4.24. The Morgan fingerprint density at radius 2 is 2.05 bits per heavy atom. The molecule has 0 bridgehead atoms. The van der Waals surface area contributed by atoms with E-state index in [1.54, 1.807) is 0 Å². The fourth-order valence-corrected chi connectivity index (χ4v) is 4.60. The molecule has 2 heterocycles. The summed E-state index contributed by atoms with van der Waals surface area (Å²) in [6, 6.07) is 8.67. The van der Waals surface area contributed by atoms with Crippen LogP contribution in [-0.4, -0.2) is 15.6 Å². The smallest absolute Gasteiger partial charge is 0.164 e. The van der Waals surface area contributed by atoms with Crippen LogP contribution >= 0.6 is 11.8 Å². The highest BCUT2D eigenvalue weighted by molar-refractivity contribution is 8.00. The summed E-state index contributed by atoms with van der Waals surface area (Å²) in [7, 11) is 0. The highest BCUT2D eigenvalue weighted by Gasteiger charge is 2.24. The maximum atomic E-state index is 11.9. The van der Waals surface area contributed by atoms with E-state index in [9.17, 15) is 4.79 Å². The van der Waals surface area contributed by atoms with E-state index in [1.807, 2.05) is 11.8 Å². The average molecular weight is 283 g/mol. The highest BCUT2D eigenvalue weighted by atomic mass is 32.2. The molecular formula is C17H17NOS. The predicted molar refractivity (Wildman–Crippen MR) is 81.5 cm³/mol. The van der Waals surface area contributed by atoms with Gasteiger partial charge >= 0.3 is 0 Å². The van der Waals surface area contributed by atoms with E-state index in [0.29, 0.717) is 11.0 Å². The zero-order valence-electron chi connectivity index (χ0n) is 11.3. The Morgan fingerprint density at radius 1 is 1.15 bits per heavy atom. The Hall–Kier alpha value is -1.48. The first-order chi connectivity index (χ1) is 9.79. The average Bonchev–Trinajstić information content (AvgIpc) is 3.02. The number of thioether (sulfide) groups is 1. The van der Waals surface area contributed by atoms with Gasteiger partial charge < -0.3 is 4.57 Å². The number of hydrogen-bond acceptors (Lipinski definition) is 2. The van der Waals surface area contributed by atoms with Crippen LogP contribution in [-0.2, 0) is 19.4 Å². The molecule has 1 atom stereocenters. The third-order valence-corrected chi connectivity index (χ3v) is 5.54. The molecule has 0 N–H and O–H groups in total. The normalized spacial score (nSPS) is 20.8. The van der Waals surface area contributed by atoms with Gasteiger partial charge in [0, 0.05) is 41.1 Å². The van der Waals surface area contributed by atoms with Crippen molar-refractivity contribution in [1.29, 1.82) is 0 Å². The van der Waals surface area contributed by atoms with E-state index in [0.717, 1.165) is 37.8 Å². The van der Waals surface area contributed by atoms with Gasteiger partial charge in [-0.3, -0.25) is 4.79 Å². The van der Waals surface area contributed by atoms with Crippen molar-refractivity contribution >= 4 is 17.5 Å². The van der Waals surface area contributed by atoms with Gasteiger partial charge in [0.25, 0.3) is 0 Å². The van der Waals surface area contributed by atoms with Crippen LogP contribution in [0.4, 0.5) is 0 Å². The van der Waals surface area contributed by atoms with E-state index in [-0.39, 0.29) is 0 Å². The zero-order valence-corrected chi connectivity index (χ0v) is 12.2. The molecule has 1 aliphatic carbocycles. The molecule has 4 rings (SSSR count).